The number of carbonyl (C=O) groups is 7. The zero-order valence-electron chi connectivity index (χ0n) is 33.8. The van der Waals surface area contributed by atoms with Gasteiger partial charge in [0.05, 0.1) is 13.1 Å². The first-order chi connectivity index (χ1) is 28.7. The van der Waals surface area contributed by atoms with Crippen molar-refractivity contribution >= 4 is 59.1 Å². The largest absolute Gasteiger partial charge is 0.508 e. The van der Waals surface area contributed by atoms with Crippen LogP contribution in [0, 0.1) is 0 Å². The van der Waals surface area contributed by atoms with E-state index in [1.165, 1.54) is 23.9 Å². The number of nitrogens with zero attached hydrogens (tertiary/aromatic N) is 1. The van der Waals surface area contributed by atoms with Crippen molar-refractivity contribution < 1.29 is 38.7 Å². The minimum atomic E-state index is -1.30. The van der Waals surface area contributed by atoms with Gasteiger partial charge in [0.2, 0.25) is 41.4 Å². The predicted molar refractivity (Wildman–Crippen MR) is 229 cm³/mol. The highest BCUT2D eigenvalue weighted by atomic mass is 32.2. The van der Waals surface area contributed by atoms with Gasteiger partial charge in [-0.15, -0.1) is 0 Å². The topological polar surface area (TPSA) is 354 Å². The van der Waals surface area contributed by atoms with Crippen LogP contribution in [0.3, 0.4) is 0 Å². The summed E-state index contributed by atoms with van der Waals surface area (Å²) >= 11 is 1.40. The van der Waals surface area contributed by atoms with Crippen molar-refractivity contribution in [2.45, 2.75) is 81.6 Å². The van der Waals surface area contributed by atoms with E-state index in [-0.39, 0.29) is 63.3 Å². The Balaban J connectivity index is 2.39. The molecule has 0 saturated carbocycles. The molecule has 330 valence electrons. The summed E-state index contributed by atoms with van der Waals surface area (Å²) in [6.45, 7) is -0.315. The summed E-state index contributed by atoms with van der Waals surface area (Å²) in [5, 5.41) is 25.6. The van der Waals surface area contributed by atoms with Crippen LogP contribution in [0.2, 0.25) is 0 Å². The van der Waals surface area contributed by atoms with E-state index >= 15 is 0 Å². The minimum absolute atomic E-state index is 0.0268. The number of phenolic OH excluding ortho intramolecular Hbond substituents is 1. The number of unbranched alkanes of at least 4 members (excludes halogenated alkanes) is 1. The average molecular weight is 857 g/mol. The summed E-state index contributed by atoms with van der Waals surface area (Å²) in [5.41, 5.74) is 28.8. The quantitative estimate of drug-likeness (QED) is 0.0232. The van der Waals surface area contributed by atoms with Crippen molar-refractivity contribution in [3.8, 4) is 5.75 Å². The number of amides is 7. The van der Waals surface area contributed by atoms with Crippen molar-refractivity contribution in [3.63, 3.8) is 0 Å². The molecule has 0 radical (unpaired) electrons. The van der Waals surface area contributed by atoms with E-state index < -0.39 is 78.1 Å². The number of hydrogen-bond acceptors (Lipinski definition) is 12. The van der Waals surface area contributed by atoms with Crippen LogP contribution >= 0.6 is 11.8 Å². The third kappa shape index (κ3) is 19.7. The molecule has 0 aromatic heterocycles. The Kier molecular flexibility index (Phi) is 23.2. The van der Waals surface area contributed by atoms with Crippen LogP contribution in [0.5, 0.6) is 5.75 Å². The van der Waals surface area contributed by atoms with E-state index in [2.05, 4.69) is 36.9 Å². The third-order valence-corrected chi connectivity index (χ3v) is 9.65. The Hall–Kier alpha value is -5.93. The number of aromatic hydroxyl groups is 1. The van der Waals surface area contributed by atoms with Gasteiger partial charge in [-0.1, -0.05) is 42.5 Å². The normalized spacial score (nSPS) is 13.2. The standard InChI is InChI=1S/C39H60N12O8S/c1-60-19-16-29(37(58)48-28(11-7-18-45-39(43)44)36(57)50-30(34(42)55)20-24-8-3-2-4-9-24)49-38(59)31(21-25-12-14-26(52)15-13-25)51-35(56)27(10-5-6-17-40)47-33(54)23-46-32(53)22-41/h2-4,8-9,12-15,27-31,52H,5-7,10-11,16-23,40-41H2,1H3,(H2,42,55)(H,46,53)(H,47,54)(H,48,58)(H,49,59)(H,50,57)(H,51,56)(H4,43,44,45). The summed E-state index contributed by atoms with van der Waals surface area (Å²) in [7, 11) is 0. The van der Waals surface area contributed by atoms with E-state index in [9.17, 15) is 38.7 Å². The molecule has 0 aliphatic rings. The van der Waals surface area contributed by atoms with Gasteiger partial charge in [-0.05, 0) is 80.3 Å². The molecule has 60 heavy (non-hydrogen) atoms. The van der Waals surface area contributed by atoms with Crippen molar-refractivity contribution in [1.82, 2.24) is 31.9 Å². The summed E-state index contributed by atoms with van der Waals surface area (Å²) in [6.07, 6.45) is 3.37. The monoisotopic (exact) mass is 856 g/mol. The predicted octanol–water partition coefficient (Wildman–Crippen LogP) is -2.90. The van der Waals surface area contributed by atoms with Gasteiger partial charge in [0.1, 0.15) is 36.0 Å². The van der Waals surface area contributed by atoms with Gasteiger partial charge >= 0.3 is 0 Å². The Morgan fingerprint density at radius 1 is 0.633 bits per heavy atom. The lowest BCUT2D eigenvalue weighted by atomic mass is 10.0. The number of carbonyl (C=O) groups excluding carboxylic acids is 7. The second-order valence-corrected chi connectivity index (χ2v) is 14.8. The van der Waals surface area contributed by atoms with Gasteiger partial charge in [-0.3, -0.25) is 38.6 Å². The summed E-state index contributed by atoms with van der Waals surface area (Å²) in [6, 6.07) is 8.88. The van der Waals surface area contributed by atoms with Gasteiger partial charge in [0.15, 0.2) is 5.96 Å². The first-order valence-electron chi connectivity index (χ1n) is 19.5. The molecule has 2 aromatic carbocycles. The minimum Gasteiger partial charge on any atom is -0.508 e. The molecular formula is C39H60N12O8S. The lowest BCUT2D eigenvalue weighted by Gasteiger charge is -2.27. The molecule has 5 unspecified atom stereocenters. The van der Waals surface area contributed by atoms with Crippen molar-refractivity contribution in [3.05, 3.63) is 65.7 Å². The Bertz CT molecular complexity index is 1730. The number of thioether (sulfide) groups is 1. The molecule has 0 bridgehead atoms. The summed E-state index contributed by atoms with van der Waals surface area (Å²) < 4.78 is 0. The van der Waals surface area contributed by atoms with Crippen LogP contribution in [0.1, 0.15) is 49.7 Å². The molecule has 0 saturated heterocycles. The summed E-state index contributed by atoms with van der Waals surface area (Å²) in [5.74, 6) is -4.71. The molecule has 17 N–H and O–H groups in total. The smallest absolute Gasteiger partial charge is 0.243 e. The van der Waals surface area contributed by atoms with E-state index in [4.69, 9.17) is 28.7 Å². The molecule has 2 aromatic rings. The number of guanidine groups is 1. The molecule has 5 atom stereocenters. The number of benzene rings is 2. The molecule has 0 aliphatic heterocycles. The first-order valence-corrected chi connectivity index (χ1v) is 20.9. The molecule has 2 rings (SSSR count). The highest BCUT2D eigenvalue weighted by Crippen LogP contribution is 2.13. The SMILES string of the molecule is CSCCC(NC(=O)C(Cc1ccc(O)cc1)NC(=O)C(CCCCN)NC(=O)CNC(=O)CN)C(=O)NC(CCCN=C(N)N)C(=O)NC(Cc1ccccc1)C(N)=O. The molecule has 0 fully saturated rings. The van der Waals surface area contributed by atoms with Crippen molar-refractivity contribution in [2.24, 2.45) is 33.7 Å². The van der Waals surface area contributed by atoms with Crippen LogP contribution in [0.15, 0.2) is 59.6 Å². The van der Waals surface area contributed by atoms with Gasteiger partial charge in [-0.2, -0.15) is 11.8 Å². The number of primary amides is 1. The molecule has 20 nitrogen and oxygen atoms in total. The maximum atomic E-state index is 14.1. The van der Waals surface area contributed by atoms with Gasteiger partial charge in [0, 0.05) is 19.4 Å². The fourth-order valence-electron chi connectivity index (χ4n) is 5.77. The van der Waals surface area contributed by atoms with Crippen LogP contribution in [-0.2, 0) is 46.4 Å². The van der Waals surface area contributed by atoms with E-state index in [0.29, 0.717) is 30.7 Å². The van der Waals surface area contributed by atoms with E-state index in [1.54, 1.807) is 42.5 Å². The second kappa shape index (κ2) is 27.7. The maximum Gasteiger partial charge on any atom is 0.243 e. The zero-order chi connectivity index (χ0) is 44.5. The van der Waals surface area contributed by atoms with Crippen molar-refractivity contribution in [1.29, 1.82) is 0 Å². The molecule has 21 heteroatoms. The number of phenols is 1. The van der Waals surface area contributed by atoms with Gasteiger partial charge in [0.25, 0.3) is 0 Å². The number of rotatable bonds is 28. The fraction of sp³-hybridized carbons (Fsp3) is 0.487. The first kappa shape index (κ1) is 50.2. The lowest BCUT2D eigenvalue weighted by molar-refractivity contribution is -0.135. The van der Waals surface area contributed by atoms with Crippen LogP contribution < -0.4 is 60.6 Å². The Morgan fingerprint density at radius 3 is 1.72 bits per heavy atom. The Morgan fingerprint density at radius 2 is 1.15 bits per heavy atom. The van der Waals surface area contributed by atoms with E-state index in [1.807, 2.05) is 6.26 Å². The van der Waals surface area contributed by atoms with Crippen LogP contribution in [-0.4, -0.2) is 121 Å². The van der Waals surface area contributed by atoms with E-state index in [0.717, 1.165) is 5.56 Å². The molecular weight excluding hydrogens is 797 g/mol. The maximum absolute atomic E-state index is 14.1. The lowest BCUT2D eigenvalue weighted by Crippen LogP contribution is -2.59. The average Bonchev–Trinajstić information content (AvgIpc) is 3.22. The number of nitrogens with two attached hydrogens (primary N) is 5. The number of aliphatic imine (C=N–C) groups is 1. The van der Waals surface area contributed by atoms with Gasteiger partial charge < -0.3 is 65.7 Å². The fourth-order valence-corrected chi connectivity index (χ4v) is 6.25. The summed E-state index contributed by atoms with van der Waals surface area (Å²) in [4.78, 5) is 96.3. The van der Waals surface area contributed by atoms with Crippen LogP contribution in [0.4, 0.5) is 0 Å². The molecule has 7 amide bonds. The van der Waals surface area contributed by atoms with Crippen molar-refractivity contribution in [2.75, 3.05) is 38.2 Å². The second-order valence-electron chi connectivity index (χ2n) is 13.8. The molecule has 0 aliphatic carbocycles. The third-order valence-electron chi connectivity index (χ3n) is 9.00. The molecule has 0 heterocycles. The number of nitrogens with one attached hydrogen (secondary N) is 6. The van der Waals surface area contributed by atoms with Crippen LogP contribution in [0.25, 0.3) is 0 Å². The Labute approximate surface area is 353 Å². The zero-order valence-corrected chi connectivity index (χ0v) is 34.6. The number of hydrogen-bond donors (Lipinski definition) is 12. The van der Waals surface area contributed by atoms with Gasteiger partial charge in [-0.25, -0.2) is 0 Å². The highest BCUT2D eigenvalue weighted by Gasteiger charge is 2.32. The highest BCUT2D eigenvalue weighted by molar-refractivity contribution is 7.98. The molecule has 0 spiro atoms.